The number of piperidine rings is 1. The van der Waals surface area contributed by atoms with Gasteiger partial charge in [-0.25, -0.2) is 0 Å². The molecule has 4 heteroatoms. The van der Waals surface area contributed by atoms with Gasteiger partial charge in [0.25, 0.3) is 0 Å². The van der Waals surface area contributed by atoms with Crippen molar-refractivity contribution in [3.8, 4) is 0 Å². The lowest BCUT2D eigenvalue weighted by Gasteiger charge is -2.41. The average Bonchev–Trinajstić information content (AvgIpc) is 2.73. The van der Waals surface area contributed by atoms with Gasteiger partial charge >= 0.3 is 0 Å². The van der Waals surface area contributed by atoms with Gasteiger partial charge in [-0.2, -0.15) is 5.10 Å². The molecule has 0 unspecified atom stereocenters. The van der Waals surface area contributed by atoms with Gasteiger partial charge < -0.3 is 4.90 Å². The molecule has 106 valence electrons. The number of hydrogen-bond acceptors (Lipinski definition) is 3. The molecule has 0 radical (unpaired) electrons. The van der Waals surface area contributed by atoms with E-state index in [0.29, 0.717) is 5.41 Å². The zero-order valence-electron chi connectivity index (χ0n) is 12.6. The molecule has 19 heavy (non-hydrogen) atoms. The largest absolute Gasteiger partial charge is 0.356 e. The number of carbonyl (C=O) groups excluding carboxylic acids is 1. The predicted octanol–water partition coefficient (Wildman–Crippen LogP) is 2.95. The molecule has 1 fully saturated rings. The number of hydrogen-bond donors (Lipinski definition) is 0. The number of aromatic nitrogens is 2. The molecule has 0 bridgehead atoms. The summed E-state index contributed by atoms with van der Waals surface area (Å²) in [7, 11) is 1.93. The summed E-state index contributed by atoms with van der Waals surface area (Å²) in [6.07, 6.45) is 5.87. The number of aryl methyl sites for hydroxylation is 2. The van der Waals surface area contributed by atoms with Crippen LogP contribution in [0.15, 0.2) is 0 Å². The Hall–Kier alpha value is -1.32. The van der Waals surface area contributed by atoms with Crippen molar-refractivity contribution >= 4 is 12.1 Å². The second-order valence-corrected chi connectivity index (χ2v) is 5.76. The zero-order chi connectivity index (χ0) is 14.0. The Bertz CT molecular complexity index is 450. The molecule has 0 atom stereocenters. The summed E-state index contributed by atoms with van der Waals surface area (Å²) in [5.74, 6) is 0.994. The maximum atomic E-state index is 11.3. The fourth-order valence-corrected chi connectivity index (χ4v) is 3.33. The monoisotopic (exact) mass is 263 g/mol. The van der Waals surface area contributed by atoms with Crippen molar-refractivity contribution in [3.63, 3.8) is 0 Å². The smallest absolute Gasteiger partial charge is 0.155 e. The van der Waals surface area contributed by atoms with E-state index >= 15 is 0 Å². The lowest BCUT2D eigenvalue weighted by molar-refractivity contribution is 0.112. The van der Waals surface area contributed by atoms with Crippen molar-refractivity contribution in [3.05, 3.63) is 11.3 Å². The van der Waals surface area contributed by atoms with Crippen LogP contribution < -0.4 is 4.90 Å². The van der Waals surface area contributed by atoms with E-state index in [1.807, 2.05) is 18.7 Å². The lowest BCUT2D eigenvalue weighted by Crippen LogP contribution is -2.40. The van der Waals surface area contributed by atoms with Crippen molar-refractivity contribution in [2.75, 3.05) is 18.0 Å². The summed E-state index contributed by atoms with van der Waals surface area (Å²) in [6.45, 7) is 8.55. The van der Waals surface area contributed by atoms with E-state index in [-0.39, 0.29) is 0 Å². The van der Waals surface area contributed by atoms with Gasteiger partial charge in [-0.15, -0.1) is 0 Å². The first-order valence-electron chi connectivity index (χ1n) is 7.30. The van der Waals surface area contributed by atoms with Crippen molar-refractivity contribution in [2.24, 2.45) is 12.5 Å². The third kappa shape index (κ3) is 2.40. The quantitative estimate of drug-likeness (QED) is 0.784. The molecule has 2 rings (SSSR count). The molecular weight excluding hydrogens is 238 g/mol. The molecule has 0 amide bonds. The highest BCUT2D eigenvalue weighted by Gasteiger charge is 2.33. The van der Waals surface area contributed by atoms with Crippen LogP contribution >= 0.6 is 0 Å². The molecule has 0 N–H and O–H groups in total. The van der Waals surface area contributed by atoms with E-state index in [9.17, 15) is 4.79 Å². The van der Waals surface area contributed by atoms with Crippen LogP contribution in [0.25, 0.3) is 0 Å². The third-order valence-electron chi connectivity index (χ3n) is 4.98. The maximum Gasteiger partial charge on any atom is 0.155 e. The number of anilines is 1. The summed E-state index contributed by atoms with van der Waals surface area (Å²) in [5, 5.41) is 4.38. The number of nitrogens with zero attached hydrogens (tertiary/aromatic N) is 3. The first-order chi connectivity index (χ1) is 9.06. The minimum absolute atomic E-state index is 0.505. The molecule has 1 aliphatic rings. The van der Waals surface area contributed by atoms with E-state index in [2.05, 4.69) is 23.8 Å². The van der Waals surface area contributed by atoms with Crippen LogP contribution in [0.5, 0.6) is 0 Å². The van der Waals surface area contributed by atoms with E-state index in [4.69, 9.17) is 0 Å². The van der Waals surface area contributed by atoms with Crippen LogP contribution in [0.3, 0.4) is 0 Å². The lowest BCUT2D eigenvalue weighted by atomic mass is 9.74. The zero-order valence-corrected chi connectivity index (χ0v) is 12.6. The molecule has 0 aromatic carbocycles. The molecule has 4 nitrogen and oxygen atoms in total. The van der Waals surface area contributed by atoms with Gasteiger partial charge in [0.15, 0.2) is 6.29 Å². The van der Waals surface area contributed by atoms with E-state index < -0.39 is 0 Å². The Balaban J connectivity index is 2.20. The summed E-state index contributed by atoms with van der Waals surface area (Å²) in [5.41, 5.74) is 2.09. The Morgan fingerprint density at radius 2 is 1.84 bits per heavy atom. The SMILES string of the molecule is CCC1(CC)CCN(c2c(C=O)c(C)nn2C)CC1. The van der Waals surface area contributed by atoms with Crippen LogP contribution in [-0.4, -0.2) is 29.2 Å². The molecule has 0 spiro atoms. The fraction of sp³-hybridized carbons (Fsp3) is 0.733. The number of aldehydes is 1. The summed E-state index contributed by atoms with van der Waals surface area (Å²) in [4.78, 5) is 13.6. The van der Waals surface area contributed by atoms with E-state index in [0.717, 1.165) is 36.5 Å². The Labute approximate surface area is 115 Å². The molecule has 1 aliphatic heterocycles. The molecular formula is C15H25N3O. The summed E-state index contributed by atoms with van der Waals surface area (Å²) in [6, 6.07) is 0. The first kappa shape index (κ1) is 14.1. The number of rotatable bonds is 4. The Morgan fingerprint density at radius 1 is 1.26 bits per heavy atom. The minimum atomic E-state index is 0.505. The normalized spacial score (nSPS) is 18.6. The molecule has 1 saturated heterocycles. The van der Waals surface area contributed by atoms with Gasteiger partial charge in [-0.1, -0.05) is 26.7 Å². The molecule has 0 aliphatic carbocycles. The summed E-state index contributed by atoms with van der Waals surface area (Å²) < 4.78 is 1.85. The molecule has 2 heterocycles. The third-order valence-corrected chi connectivity index (χ3v) is 4.98. The van der Waals surface area contributed by atoms with Crippen molar-refractivity contribution in [2.45, 2.75) is 46.5 Å². The van der Waals surface area contributed by atoms with Crippen LogP contribution in [0, 0.1) is 12.3 Å². The topological polar surface area (TPSA) is 38.1 Å². The van der Waals surface area contributed by atoms with Crippen LogP contribution in [-0.2, 0) is 7.05 Å². The molecule has 0 saturated carbocycles. The van der Waals surface area contributed by atoms with E-state index in [1.54, 1.807) is 0 Å². The van der Waals surface area contributed by atoms with Gasteiger partial charge in [0.1, 0.15) is 5.82 Å². The first-order valence-corrected chi connectivity index (χ1v) is 7.30. The summed E-state index contributed by atoms with van der Waals surface area (Å²) >= 11 is 0. The van der Waals surface area contributed by atoms with Crippen LogP contribution in [0.4, 0.5) is 5.82 Å². The highest BCUT2D eigenvalue weighted by molar-refractivity contribution is 5.84. The average molecular weight is 263 g/mol. The van der Waals surface area contributed by atoms with Crippen LogP contribution in [0.1, 0.15) is 55.6 Å². The highest BCUT2D eigenvalue weighted by atomic mass is 16.1. The number of carbonyl (C=O) groups is 1. The highest BCUT2D eigenvalue weighted by Crippen LogP contribution is 2.39. The van der Waals surface area contributed by atoms with Gasteiger partial charge in [0, 0.05) is 20.1 Å². The standard InChI is InChI=1S/C15H25N3O/c1-5-15(6-2)7-9-18(10-8-15)14-13(11-19)12(3)16-17(14)4/h11H,5-10H2,1-4H3. The second-order valence-electron chi connectivity index (χ2n) is 5.76. The molecule has 1 aromatic rings. The second kappa shape index (κ2) is 5.35. The Kier molecular flexibility index (Phi) is 3.97. The van der Waals surface area contributed by atoms with Gasteiger partial charge in [-0.3, -0.25) is 9.48 Å². The van der Waals surface area contributed by atoms with Crippen molar-refractivity contribution in [1.82, 2.24) is 9.78 Å². The van der Waals surface area contributed by atoms with Crippen LogP contribution in [0.2, 0.25) is 0 Å². The van der Waals surface area contributed by atoms with E-state index in [1.165, 1.54) is 25.7 Å². The minimum Gasteiger partial charge on any atom is -0.356 e. The van der Waals surface area contributed by atoms with Gasteiger partial charge in [-0.05, 0) is 25.2 Å². The van der Waals surface area contributed by atoms with Crippen molar-refractivity contribution < 1.29 is 4.79 Å². The van der Waals surface area contributed by atoms with Gasteiger partial charge in [0.05, 0.1) is 11.3 Å². The fourth-order valence-electron chi connectivity index (χ4n) is 3.33. The predicted molar refractivity (Wildman–Crippen MR) is 77.8 cm³/mol. The van der Waals surface area contributed by atoms with Gasteiger partial charge in [0.2, 0.25) is 0 Å². The maximum absolute atomic E-state index is 11.3. The van der Waals surface area contributed by atoms with Crippen molar-refractivity contribution in [1.29, 1.82) is 0 Å². The molecule has 1 aromatic heterocycles. The Morgan fingerprint density at radius 3 is 2.32 bits per heavy atom.